The lowest BCUT2D eigenvalue weighted by molar-refractivity contribution is -0.141. The molecule has 0 spiro atoms. The van der Waals surface area contributed by atoms with E-state index >= 15 is 0 Å². The minimum atomic E-state index is -1.06. The standard InChI is InChI=1S/C16H19ClN4O4/c1-16(2,8-24-15(23)18-3)13(22)14(21-10-19-9-20-21)25-12-6-4-11(17)5-7-12/h4-7,9-10,14H,8H2,1-3H3,(H,18,23). The Bertz CT molecular complexity index is 716. The maximum Gasteiger partial charge on any atom is 0.406 e. The van der Waals surface area contributed by atoms with E-state index in [1.165, 1.54) is 24.4 Å². The van der Waals surface area contributed by atoms with Crippen molar-refractivity contribution in [1.29, 1.82) is 0 Å². The van der Waals surface area contributed by atoms with Crippen molar-refractivity contribution in [2.75, 3.05) is 13.7 Å². The van der Waals surface area contributed by atoms with Crippen LogP contribution in [0.1, 0.15) is 20.1 Å². The van der Waals surface area contributed by atoms with E-state index in [0.717, 1.165) is 0 Å². The lowest BCUT2D eigenvalue weighted by atomic mass is 9.88. The Morgan fingerprint density at radius 3 is 2.56 bits per heavy atom. The van der Waals surface area contributed by atoms with Crippen molar-refractivity contribution in [3.8, 4) is 5.75 Å². The van der Waals surface area contributed by atoms with E-state index < -0.39 is 17.7 Å². The van der Waals surface area contributed by atoms with Gasteiger partial charge in [0, 0.05) is 12.1 Å². The second kappa shape index (κ2) is 7.98. The topological polar surface area (TPSA) is 95.3 Å². The second-order valence-electron chi connectivity index (χ2n) is 5.87. The highest BCUT2D eigenvalue weighted by molar-refractivity contribution is 6.30. The molecule has 0 saturated heterocycles. The molecule has 0 bridgehead atoms. The number of aromatic nitrogens is 3. The van der Waals surface area contributed by atoms with E-state index in [1.54, 1.807) is 38.1 Å². The highest BCUT2D eigenvalue weighted by Gasteiger charge is 2.38. The molecule has 0 radical (unpaired) electrons. The Labute approximate surface area is 150 Å². The number of rotatable bonds is 7. The number of alkyl carbamates (subject to hydrolysis) is 1. The van der Waals surface area contributed by atoms with Gasteiger partial charge in [0.1, 0.15) is 25.0 Å². The second-order valence-corrected chi connectivity index (χ2v) is 6.31. The Morgan fingerprint density at radius 2 is 2.00 bits per heavy atom. The Balaban J connectivity index is 2.21. The molecule has 0 aliphatic rings. The van der Waals surface area contributed by atoms with Crippen LogP contribution in [0, 0.1) is 5.41 Å². The smallest absolute Gasteiger partial charge is 0.406 e. The Kier molecular flexibility index (Phi) is 5.97. The first kappa shape index (κ1) is 18.7. The SMILES string of the molecule is CNC(=O)OCC(C)(C)C(=O)C(Oc1ccc(Cl)cc1)n1cncn1. The van der Waals surface area contributed by atoms with Crippen molar-refractivity contribution in [2.24, 2.45) is 5.41 Å². The van der Waals surface area contributed by atoms with Crippen LogP contribution in [0.25, 0.3) is 0 Å². The number of hydrogen-bond acceptors (Lipinski definition) is 6. The highest BCUT2D eigenvalue weighted by Crippen LogP contribution is 2.27. The summed E-state index contributed by atoms with van der Waals surface area (Å²) in [5.41, 5.74) is -1.00. The van der Waals surface area contributed by atoms with Crippen LogP contribution < -0.4 is 10.1 Å². The zero-order chi connectivity index (χ0) is 18.4. The van der Waals surface area contributed by atoms with Crippen LogP contribution in [0.3, 0.4) is 0 Å². The predicted molar refractivity (Wildman–Crippen MR) is 90.3 cm³/mol. The number of carbonyl (C=O) groups is 2. The van der Waals surface area contributed by atoms with Gasteiger partial charge in [-0.25, -0.2) is 14.5 Å². The van der Waals surface area contributed by atoms with Crippen molar-refractivity contribution in [3.63, 3.8) is 0 Å². The Hall–Kier alpha value is -2.61. The molecule has 134 valence electrons. The third-order valence-corrected chi connectivity index (χ3v) is 3.65. The van der Waals surface area contributed by atoms with E-state index in [2.05, 4.69) is 15.4 Å². The van der Waals surface area contributed by atoms with Crippen molar-refractivity contribution in [1.82, 2.24) is 20.1 Å². The number of ether oxygens (including phenoxy) is 2. The van der Waals surface area contributed by atoms with Gasteiger partial charge < -0.3 is 14.8 Å². The molecule has 1 N–H and O–H groups in total. The van der Waals surface area contributed by atoms with Gasteiger partial charge in [0.25, 0.3) is 6.23 Å². The average molecular weight is 367 g/mol. The highest BCUT2D eigenvalue weighted by atomic mass is 35.5. The average Bonchev–Trinajstić information content (AvgIpc) is 3.13. The normalized spacial score (nSPS) is 12.3. The molecule has 1 atom stereocenters. The van der Waals surface area contributed by atoms with Crippen LogP contribution in [-0.2, 0) is 9.53 Å². The summed E-state index contributed by atoms with van der Waals surface area (Å²) in [5.74, 6) is 0.123. The molecule has 8 nitrogen and oxygen atoms in total. The van der Waals surface area contributed by atoms with Crippen LogP contribution in [0.4, 0.5) is 4.79 Å². The van der Waals surface area contributed by atoms with Gasteiger partial charge in [-0.2, -0.15) is 5.10 Å². The van der Waals surface area contributed by atoms with Crippen LogP contribution in [0.15, 0.2) is 36.9 Å². The first-order valence-electron chi connectivity index (χ1n) is 7.48. The monoisotopic (exact) mass is 366 g/mol. The van der Waals surface area contributed by atoms with Crippen LogP contribution in [0.2, 0.25) is 5.02 Å². The molecule has 0 saturated carbocycles. The van der Waals surface area contributed by atoms with Gasteiger partial charge in [-0.15, -0.1) is 0 Å². The lowest BCUT2D eigenvalue weighted by Gasteiger charge is -2.28. The van der Waals surface area contributed by atoms with Gasteiger partial charge in [-0.1, -0.05) is 11.6 Å². The molecule has 1 amide bonds. The van der Waals surface area contributed by atoms with E-state index in [4.69, 9.17) is 21.1 Å². The molecule has 2 rings (SSSR count). The van der Waals surface area contributed by atoms with Gasteiger partial charge in [0.2, 0.25) is 5.78 Å². The minimum absolute atomic E-state index is 0.110. The zero-order valence-electron chi connectivity index (χ0n) is 14.1. The van der Waals surface area contributed by atoms with Gasteiger partial charge in [0.15, 0.2) is 0 Å². The summed E-state index contributed by atoms with van der Waals surface area (Å²) in [6, 6.07) is 6.60. The molecule has 1 aromatic heterocycles. The lowest BCUT2D eigenvalue weighted by Crippen LogP contribution is -2.40. The first-order chi connectivity index (χ1) is 11.8. The fourth-order valence-corrected chi connectivity index (χ4v) is 2.06. The molecule has 1 heterocycles. The molecule has 25 heavy (non-hydrogen) atoms. The van der Waals surface area contributed by atoms with Gasteiger partial charge in [-0.05, 0) is 38.1 Å². The van der Waals surface area contributed by atoms with E-state index in [0.29, 0.717) is 10.8 Å². The molecule has 1 aromatic carbocycles. The fraction of sp³-hybridized carbons (Fsp3) is 0.375. The van der Waals surface area contributed by atoms with Gasteiger partial charge >= 0.3 is 6.09 Å². The maximum atomic E-state index is 13.0. The number of amides is 1. The summed E-state index contributed by atoms with van der Waals surface area (Å²) in [6.07, 6.45) is 1.01. The molecular weight excluding hydrogens is 348 g/mol. The number of ketones is 1. The minimum Gasteiger partial charge on any atom is -0.461 e. The number of Topliss-reactive ketones (excluding diaryl/α,β-unsaturated/α-hetero) is 1. The van der Waals surface area contributed by atoms with E-state index in [1.807, 2.05) is 0 Å². The van der Waals surface area contributed by atoms with Gasteiger partial charge in [0.05, 0.1) is 5.41 Å². The molecule has 0 aliphatic carbocycles. The summed E-state index contributed by atoms with van der Waals surface area (Å²) >= 11 is 5.86. The predicted octanol–water partition coefficient (Wildman–Crippen LogP) is 2.46. The summed E-state index contributed by atoms with van der Waals surface area (Å²) in [5, 5.41) is 6.88. The maximum absolute atomic E-state index is 13.0. The van der Waals surface area contributed by atoms with Crippen LogP contribution >= 0.6 is 11.6 Å². The van der Waals surface area contributed by atoms with Crippen molar-refractivity contribution in [2.45, 2.75) is 20.1 Å². The largest absolute Gasteiger partial charge is 0.461 e. The molecule has 2 aromatic rings. The first-order valence-corrected chi connectivity index (χ1v) is 7.86. The third kappa shape index (κ3) is 4.93. The molecule has 1 unspecified atom stereocenters. The number of halogens is 1. The fourth-order valence-electron chi connectivity index (χ4n) is 1.93. The summed E-state index contributed by atoms with van der Waals surface area (Å²) < 4.78 is 12.1. The zero-order valence-corrected chi connectivity index (χ0v) is 14.9. The summed E-state index contributed by atoms with van der Waals surface area (Å²) in [7, 11) is 1.44. The van der Waals surface area contributed by atoms with E-state index in [9.17, 15) is 9.59 Å². The summed E-state index contributed by atoms with van der Waals surface area (Å²) in [6.45, 7) is 3.21. The molecular formula is C16H19ClN4O4. The molecule has 0 fully saturated rings. The van der Waals surface area contributed by atoms with E-state index in [-0.39, 0.29) is 12.4 Å². The quantitative estimate of drug-likeness (QED) is 0.808. The van der Waals surface area contributed by atoms with Gasteiger partial charge in [-0.3, -0.25) is 4.79 Å². The van der Waals surface area contributed by atoms with Crippen molar-refractivity contribution < 1.29 is 19.1 Å². The van der Waals surface area contributed by atoms with Crippen molar-refractivity contribution >= 4 is 23.5 Å². The number of hydrogen-bond donors (Lipinski definition) is 1. The molecule has 9 heteroatoms. The van der Waals surface area contributed by atoms with Crippen LogP contribution in [-0.4, -0.2) is 40.3 Å². The summed E-state index contributed by atoms with van der Waals surface area (Å²) in [4.78, 5) is 28.1. The molecule has 0 aliphatic heterocycles. The number of benzene rings is 1. The Morgan fingerprint density at radius 1 is 1.32 bits per heavy atom. The number of nitrogens with one attached hydrogen (secondary N) is 1. The van der Waals surface area contributed by atoms with Crippen molar-refractivity contribution in [3.05, 3.63) is 41.9 Å². The third-order valence-electron chi connectivity index (χ3n) is 3.40. The number of carbonyl (C=O) groups excluding carboxylic acids is 2. The number of nitrogens with zero attached hydrogens (tertiary/aromatic N) is 3. The van der Waals surface area contributed by atoms with Crippen LogP contribution in [0.5, 0.6) is 5.75 Å².